The van der Waals surface area contributed by atoms with Crippen LogP contribution in [0.2, 0.25) is 10.0 Å². The van der Waals surface area contributed by atoms with E-state index in [0.29, 0.717) is 15.7 Å². The molecular weight excluding hydrogens is 375 g/mol. The molecule has 3 nitrogen and oxygen atoms in total. The van der Waals surface area contributed by atoms with Gasteiger partial charge in [0.05, 0.1) is 10.0 Å². The Morgan fingerprint density at radius 3 is 2.52 bits per heavy atom. The molecule has 0 bridgehead atoms. The van der Waals surface area contributed by atoms with Crippen molar-refractivity contribution in [1.82, 2.24) is 0 Å². The molecule has 0 heterocycles. The van der Waals surface area contributed by atoms with Gasteiger partial charge in [-0.05, 0) is 48.4 Å². The maximum atomic E-state index is 12.0. The number of amides is 2. The summed E-state index contributed by atoms with van der Waals surface area (Å²) < 4.78 is 0.981. The second-order valence-electron chi connectivity index (χ2n) is 4.36. The van der Waals surface area contributed by atoms with Gasteiger partial charge in [-0.1, -0.05) is 46.1 Å². The lowest BCUT2D eigenvalue weighted by atomic mass is 10.1. The quantitative estimate of drug-likeness (QED) is 0.669. The molecule has 21 heavy (non-hydrogen) atoms. The molecule has 0 spiro atoms. The second-order valence-corrected chi connectivity index (χ2v) is 6.09. The van der Waals surface area contributed by atoms with Gasteiger partial charge in [0.15, 0.2) is 0 Å². The van der Waals surface area contributed by atoms with E-state index in [-0.39, 0.29) is 6.03 Å². The minimum atomic E-state index is -0.328. The Bertz CT molecular complexity index is 677. The molecule has 2 aromatic carbocycles. The van der Waals surface area contributed by atoms with Crippen molar-refractivity contribution in [2.24, 2.45) is 0 Å². The molecule has 0 saturated carbocycles. The fourth-order valence-corrected chi connectivity index (χ4v) is 2.54. The second kappa shape index (κ2) is 7.16. The first-order valence-electron chi connectivity index (χ1n) is 6.31. The van der Waals surface area contributed by atoms with Crippen LogP contribution in [0.4, 0.5) is 16.2 Å². The van der Waals surface area contributed by atoms with Gasteiger partial charge in [0.25, 0.3) is 0 Å². The summed E-state index contributed by atoms with van der Waals surface area (Å²) in [5.74, 6) is 0. The van der Waals surface area contributed by atoms with Gasteiger partial charge in [-0.2, -0.15) is 0 Å². The number of hydrogen-bond donors (Lipinski definition) is 2. The van der Waals surface area contributed by atoms with Crippen LogP contribution in [0.25, 0.3) is 0 Å². The maximum Gasteiger partial charge on any atom is 0.323 e. The van der Waals surface area contributed by atoms with E-state index in [0.717, 1.165) is 22.1 Å². The van der Waals surface area contributed by atoms with E-state index in [1.807, 2.05) is 25.1 Å². The zero-order valence-corrected chi connectivity index (χ0v) is 14.3. The molecule has 2 aromatic rings. The largest absolute Gasteiger partial charge is 0.323 e. The lowest BCUT2D eigenvalue weighted by molar-refractivity contribution is 0.262. The standard InChI is InChI=1S/C15H13BrCl2N2O/c1-2-9-7-10(16)3-6-14(9)20-15(21)19-11-4-5-12(17)13(18)8-11/h3-8H,2H2,1H3,(H2,19,20,21). The Labute approximate surface area is 141 Å². The van der Waals surface area contributed by atoms with Crippen molar-refractivity contribution in [3.05, 3.63) is 56.5 Å². The summed E-state index contributed by atoms with van der Waals surface area (Å²) in [7, 11) is 0. The van der Waals surface area contributed by atoms with Crippen molar-refractivity contribution in [1.29, 1.82) is 0 Å². The summed E-state index contributed by atoms with van der Waals surface area (Å²) >= 11 is 15.2. The molecule has 110 valence electrons. The highest BCUT2D eigenvalue weighted by molar-refractivity contribution is 9.10. The fourth-order valence-electron chi connectivity index (χ4n) is 1.84. The lowest BCUT2D eigenvalue weighted by Gasteiger charge is -2.12. The van der Waals surface area contributed by atoms with E-state index in [9.17, 15) is 4.79 Å². The van der Waals surface area contributed by atoms with Crippen LogP contribution < -0.4 is 10.6 Å². The van der Waals surface area contributed by atoms with Crippen LogP contribution in [-0.4, -0.2) is 6.03 Å². The molecule has 2 rings (SSSR count). The Hall–Kier alpha value is -1.23. The van der Waals surface area contributed by atoms with Crippen LogP contribution in [0.3, 0.4) is 0 Å². The SMILES string of the molecule is CCc1cc(Br)ccc1NC(=O)Nc1ccc(Cl)c(Cl)c1. The minimum Gasteiger partial charge on any atom is -0.308 e. The first kappa shape index (κ1) is 16.1. The highest BCUT2D eigenvalue weighted by Crippen LogP contribution is 2.25. The van der Waals surface area contributed by atoms with Crippen molar-refractivity contribution in [3.63, 3.8) is 0 Å². The molecule has 0 saturated heterocycles. The molecule has 0 aliphatic heterocycles. The van der Waals surface area contributed by atoms with Crippen LogP contribution in [-0.2, 0) is 6.42 Å². The Morgan fingerprint density at radius 2 is 1.86 bits per heavy atom. The summed E-state index contributed by atoms with van der Waals surface area (Å²) in [5, 5.41) is 6.39. The molecule has 0 unspecified atom stereocenters. The van der Waals surface area contributed by atoms with E-state index in [1.54, 1.807) is 18.2 Å². The summed E-state index contributed by atoms with van der Waals surface area (Å²) in [6.45, 7) is 2.03. The highest BCUT2D eigenvalue weighted by Gasteiger charge is 2.08. The Morgan fingerprint density at radius 1 is 1.10 bits per heavy atom. The Balaban J connectivity index is 2.09. The van der Waals surface area contributed by atoms with Crippen LogP contribution in [0.15, 0.2) is 40.9 Å². The van der Waals surface area contributed by atoms with E-state index in [2.05, 4.69) is 26.6 Å². The molecule has 0 aliphatic rings. The summed E-state index contributed by atoms with van der Waals surface area (Å²) in [6, 6.07) is 10.3. The van der Waals surface area contributed by atoms with Gasteiger partial charge in [0, 0.05) is 15.8 Å². The zero-order chi connectivity index (χ0) is 15.4. The van der Waals surface area contributed by atoms with Crippen molar-refractivity contribution < 1.29 is 4.79 Å². The molecule has 6 heteroatoms. The maximum absolute atomic E-state index is 12.0. The molecule has 0 atom stereocenters. The lowest BCUT2D eigenvalue weighted by Crippen LogP contribution is -2.20. The highest BCUT2D eigenvalue weighted by atomic mass is 79.9. The van der Waals surface area contributed by atoms with E-state index in [1.165, 1.54) is 0 Å². The smallest absolute Gasteiger partial charge is 0.308 e. The average molecular weight is 388 g/mol. The van der Waals surface area contributed by atoms with E-state index >= 15 is 0 Å². The van der Waals surface area contributed by atoms with Gasteiger partial charge in [-0.15, -0.1) is 0 Å². The van der Waals surface area contributed by atoms with Gasteiger partial charge < -0.3 is 10.6 Å². The first-order valence-corrected chi connectivity index (χ1v) is 7.86. The molecule has 0 fully saturated rings. The topological polar surface area (TPSA) is 41.1 Å². The van der Waals surface area contributed by atoms with Gasteiger partial charge in [0.1, 0.15) is 0 Å². The number of rotatable bonds is 3. The van der Waals surface area contributed by atoms with Crippen molar-refractivity contribution in [2.75, 3.05) is 10.6 Å². The van der Waals surface area contributed by atoms with Crippen molar-refractivity contribution in [2.45, 2.75) is 13.3 Å². The molecule has 0 radical (unpaired) electrons. The van der Waals surface area contributed by atoms with Crippen LogP contribution in [0.1, 0.15) is 12.5 Å². The summed E-state index contributed by atoms with van der Waals surface area (Å²) in [5.41, 5.74) is 2.41. The third kappa shape index (κ3) is 4.37. The number of hydrogen-bond acceptors (Lipinski definition) is 1. The van der Waals surface area contributed by atoms with Crippen molar-refractivity contribution >= 4 is 56.5 Å². The number of halogens is 3. The molecule has 2 N–H and O–H groups in total. The van der Waals surface area contributed by atoms with Gasteiger partial charge in [0.2, 0.25) is 0 Å². The normalized spacial score (nSPS) is 10.3. The van der Waals surface area contributed by atoms with Gasteiger partial charge in [-0.25, -0.2) is 4.79 Å². The predicted octanol–water partition coefficient (Wildman–Crippen LogP) is 5.96. The number of urea groups is 1. The number of nitrogens with one attached hydrogen (secondary N) is 2. The summed E-state index contributed by atoms with van der Waals surface area (Å²) in [6.07, 6.45) is 0.821. The third-order valence-electron chi connectivity index (χ3n) is 2.87. The van der Waals surface area contributed by atoms with Crippen molar-refractivity contribution in [3.8, 4) is 0 Å². The fraction of sp³-hybridized carbons (Fsp3) is 0.133. The number of benzene rings is 2. The number of carbonyl (C=O) groups excluding carboxylic acids is 1. The van der Waals surface area contributed by atoms with Crippen LogP contribution >= 0.6 is 39.1 Å². The van der Waals surface area contributed by atoms with E-state index < -0.39 is 0 Å². The number of carbonyl (C=O) groups is 1. The zero-order valence-electron chi connectivity index (χ0n) is 11.2. The third-order valence-corrected chi connectivity index (χ3v) is 4.11. The first-order chi connectivity index (χ1) is 9.99. The molecule has 0 aromatic heterocycles. The van der Waals surface area contributed by atoms with Crippen LogP contribution in [0, 0.1) is 0 Å². The van der Waals surface area contributed by atoms with E-state index in [4.69, 9.17) is 23.2 Å². The predicted molar refractivity (Wildman–Crippen MR) is 92.6 cm³/mol. The monoisotopic (exact) mass is 386 g/mol. The Kier molecular flexibility index (Phi) is 5.51. The summed E-state index contributed by atoms with van der Waals surface area (Å²) in [4.78, 5) is 12.0. The molecular formula is C15H13BrCl2N2O. The number of aryl methyl sites for hydroxylation is 1. The van der Waals surface area contributed by atoms with Gasteiger partial charge in [-0.3, -0.25) is 0 Å². The molecule has 2 amide bonds. The van der Waals surface area contributed by atoms with Gasteiger partial charge >= 0.3 is 6.03 Å². The van der Waals surface area contributed by atoms with Crippen LogP contribution in [0.5, 0.6) is 0 Å². The average Bonchev–Trinajstić information content (AvgIpc) is 2.44. The number of anilines is 2. The minimum absolute atomic E-state index is 0.328. The molecule has 0 aliphatic carbocycles.